The van der Waals surface area contributed by atoms with Gasteiger partial charge in [-0.3, -0.25) is 4.79 Å². The molecule has 2 heterocycles. The summed E-state index contributed by atoms with van der Waals surface area (Å²) in [6, 6.07) is 9.48. The van der Waals surface area contributed by atoms with Crippen LogP contribution in [0.1, 0.15) is 28.8 Å². The van der Waals surface area contributed by atoms with Gasteiger partial charge >= 0.3 is 0 Å². The highest BCUT2D eigenvalue weighted by Gasteiger charge is 2.21. The zero-order chi connectivity index (χ0) is 22.2. The number of methoxy groups -OCH3 is 1. The predicted molar refractivity (Wildman–Crippen MR) is 125 cm³/mol. The van der Waals surface area contributed by atoms with Crippen LogP contribution < -0.4 is 15.0 Å². The number of nitrogens with zero attached hydrogens (tertiary/aromatic N) is 1. The first-order valence-electron chi connectivity index (χ1n) is 10.3. The van der Waals surface area contributed by atoms with Crippen molar-refractivity contribution in [1.29, 1.82) is 0 Å². The molecule has 0 saturated carbocycles. The van der Waals surface area contributed by atoms with E-state index < -0.39 is 0 Å². The second-order valence-electron chi connectivity index (χ2n) is 7.71. The van der Waals surface area contributed by atoms with Gasteiger partial charge in [-0.05, 0) is 61.1 Å². The number of ether oxygens (including phenoxy) is 2. The quantitative estimate of drug-likeness (QED) is 0.394. The highest BCUT2D eigenvalue weighted by molar-refractivity contribution is 7.18. The Hall–Kier alpha value is -2.90. The van der Waals surface area contributed by atoms with E-state index in [0.29, 0.717) is 33.3 Å². The maximum absolute atomic E-state index is 13.1. The summed E-state index contributed by atoms with van der Waals surface area (Å²) in [7, 11) is 1.52. The molecular formula is C24H20ClFN2O3S. The normalized spacial score (nSPS) is 13.2. The van der Waals surface area contributed by atoms with Crippen LogP contribution in [0.25, 0.3) is 21.6 Å². The van der Waals surface area contributed by atoms with Crippen LogP contribution in [0.15, 0.2) is 41.2 Å². The van der Waals surface area contributed by atoms with Crippen molar-refractivity contribution in [3.63, 3.8) is 0 Å². The van der Waals surface area contributed by atoms with Gasteiger partial charge in [0.05, 0.1) is 17.5 Å². The van der Waals surface area contributed by atoms with Crippen LogP contribution in [-0.4, -0.2) is 17.1 Å². The van der Waals surface area contributed by atoms with Crippen molar-refractivity contribution in [2.45, 2.75) is 32.3 Å². The first-order valence-corrected chi connectivity index (χ1v) is 11.5. The Balaban J connectivity index is 1.50. The number of aromatic amines is 1. The topological polar surface area (TPSA) is 64.2 Å². The third-order valence-electron chi connectivity index (χ3n) is 5.62. The van der Waals surface area contributed by atoms with E-state index in [-0.39, 0.29) is 18.0 Å². The average molecular weight is 471 g/mol. The molecule has 0 radical (unpaired) electrons. The van der Waals surface area contributed by atoms with Gasteiger partial charge in [0.15, 0.2) is 11.5 Å². The van der Waals surface area contributed by atoms with Crippen LogP contribution in [0.3, 0.4) is 0 Å². The number of thiophene rings is 1. The van der Waals surface area contributed by atoms with Crippen molar-refractivity contribution < 1.29 is 13.9 Å². The summed E-state index contributed by atoms with van der Waals surface area (Å²) in [6.45, 7) is 0.206. The van der Waals surface area contributed by atoms with Gasteiger partial charge in [0, 0.05) is 10.4 Å². The number of nitrogens with one attached hydrogen (secondary N) is 1. The zero-order valence-electron chi connectivity index (χ0n) is 17.3. The lowest BCUT2D eigenvalue weighted by molar-refractivity contribution is 0.284. The fourth-order valence-electron chi connectivity index (χ4n) is 4.03. The second-order valence-corrected chi connectivity index (χ2v) is 9.20. The van der Waals surface area contributed by atoms with E-state index in [2.05, 4.69) is 4.98 Å². The highest BCUT2D eigenvalue weighted by Crippen LogP contribution is 2.40. The number of halogens is 2. The molecule has 0 fully saturated rings. The van der Waals surface area contributed by atoms with Gasteiger partial charge in [0.2, 0.25) is 0 Å². The molecule has 164 valence electrons. The van der Waals surface area contributed by atoms with E-state index >= 15 is 0 Å². The van der Waals surface area contributed by atoms with E-state index in [9.17, 15) is 9.18 Å². The molecule has 0 aliphatic heterocycles. The van der Waals surface area contributed by atoms with Crippen LogP contribution in [0.4, 0.5) is 4.39 Å². The SMILES string of the molecule is COc1cc(-c2nc3sc4c(c3c(=O)[nH]2)CCCC4)cc(Cl)c1OCc1ccc(F)cc1. The Morgan fingerprint density at radius 2 is 1.97 bits per heavy atom. The molecule has 0 spiro atoms. The number of H-pyrrole nitrogens is 1. The second kappa shape index (κ2) is 8.56. The minimum atomic E-state index is -0.307. The van der Waals surface area contributed by atoms with Crippen molar-refractivity contribution in [2.75, 3.05) is 7.11 Å². The standard InChI is InChI=1S/C24H20ClFN2O3S/c1-30-18-11-14(10-17(25)21(18)31-12-13-6-8-15(26)9-7-13)22-27-23(29)20-16-4-2-3-5-19(16)32-24(20)28-22/h6-11H,2-5,12H2,1H3,(H,27,28,29). The molecule has 32 heavy (non-hydrogen) atoms. The summed E-state index contributed by atoms with van der Waals surface area (Å²) < 4.78 is 24.5. The lowest BCUT2D eigenvalue weighted by atomic mass is 9.97. The van der Waals surface area contributed by atoms with Crippen LogP contribution in [0.2, 0.25) is 5.02 Å². The molecule has 0 atom stereocenters. The van der Waals surface area contributed by atoms with Gasteiger partial charge in [-0.25, -0.2) is 9.37 Å². The number of aryl methyl sites for hydroxylation is 2. The zero-order valence-corrected chi connectivity index (χ0v) is 18.9. The third-order valence-corrected chi connectivity index (χ3v) is 7.09. The van der Waals surface area contributed by atoms with Crippen LogP contribution in [0, 0.1) is 5.82 Å². The Labute approximate surface area is 192 Å². The average Bonchev–Trinajstić information content (AvgIpc) is 3.18. The van der Waals surface area contributed by atoms with Crippen molar-refractivity contribution >= 4 is 33.2 Å². The number of hydrogen-bond donors (Lipinski definition) is 1. The Kier molecular flexibility index (Phi) is 5.61. The first-order chi connectivity index (χ1) is 15.5. The number of hydrogen-bond acceptors (Lipinski definition) is 5. The molecule has 0 unspecified atom stereocenters. The van der Waals surface area contributed by atoms with E-state index in [0.717, 1.165) is 41.6 Å². The molecule has 0 amide bonds. The summed E-state index contributed by atoms with van der Waals surface area (Å²) in [4.78, 5) is 22.6. The Morgan fingerprint density at radius 1 is 1.19 bits per heavy atom. The largest absolute Gasteiger partial charge is 0.493 e. The van der Waals surface area contributed by atoms with Crippen LogP contribution in [0.5, 0.6) is 11.5 Å². The molecule has 2 aromatic carbocycles. The van der Waals surface area contributed by atoms with Gasteiger partial charge in [-0.2, -0.15) is 0 Å². The van der Waals surface area contributed by atoms with Crippen molar-refractivity contribution in [3.8, 4) is 22.9 Å². The van der Waals surface area contributed by atoms with E-state index in [1.54, 1.807) is 35.6 Å². The highest BCUT2D eigenvalue weighted by atomic mass is 35.5. The van der Waals surface area contributed by atoms with Crippen molar-refractivity contribution in [1.82, 2.24) is 9.97 Å². The van der Waals surface area contributed by atoms with E-state index in [4.69, 9.17) is 26.1 Å². The van der Waals surface area contributed by atoms with Crippen molar-refractivity contribution in [3.05, 3.63) is 73.6 Å². The minimum Gasteiger partial charge on any atom is -0.493 e. The van der Waals surface area contributed by atoms with Gasteiger partial charge in [-0.15, -0.1) is 11.3 Å². The number of fused-ring (bicyclic) bond motifs is 3. The molecule has 8 heteroatoms. The van der Waals surface area contributed by atoms with Crippen LogP contribution in [-0.2, 0) is 19.4 Å². The molecule has 4 aromatic rings. The number of benzene rings is 2. The van der Waals surface area contributed by atoms with Gasteiger partial charge in [0.1, 0.15) is 23.1 Å². The lowest BCUT2D eigenvalue weighted by Gasteiger charge is -2.14. The van der Waals surface area contributed by atoms with Gasteiger partial charge in [-0.1, -0.05) is 23.7 Å². The van der Waals surface area contributed by atoms with E-state index in [1.165, 1.54) is 24.1 Å². The fraction of sp³-hybridized carbons (Fsp3) is 0.250. The third kappa shape index (κ3) is 3.87. The lowest BCUT2D eigenvalue weighted by Crippen LogP contribution is -2.11. The first kappa shape index (κ1) is 21.0. The summed E-state index contributed by atoms with van der Waals surface area (Å²) in [6.07, 6.45) is 4.19. The summed E-state index contributed by atoms with van der Waals surface area (Å²) in [5.74, 6) is 0.922. The number of rotatable bonds is 5. The summed E-state index contributed by atoms with van der Waals surface area (Å²) in [5, 5.41) is 1.04. The van der Waals surface area contributed by atoms with Crippen LogP contribution >= 0.6 is 22.9 Å². The van der Waals surface area contributed by atoms with E-state index in [1.807, 2.05) is 0 Å². The summed E-state index contributed by atoms with van der Waals surface area (Å²) in [5.41, 5.74) is 2.45. The molecule has 1 N–H and O–H groups in total. The molecule has 5 rings (SSSR count). The summed E-state index contributed by atoms with van der Waals surface area (Å²) >= 11 is 8.11. The minimum absolute atomic E-state index is 0.129. The smallest absolute Gasteiger partial charge is 0.260 e. The molecule has 5 nitrogen and oxygen atoms in total. The molecule has 1 aliphatic carbocycles. The maximum Gasteiger partial charge on any atom is 0.260 e. The molecule has 0 bridgehead atoms. The monoisotopic (exact) mass is 470 g/mol. The van der Waals surface area contributed by atoms with Gasteiger partial charge < -0.3 is 14.5 Å². The Bertz CT molecular complexity index is 1360. The van der Waals surface area contributed by atoms with Crippen molar-refractivity contribution in [2.24, 2.45) is 0 Å². The van der Waals surface area contributed by atoms with Gasteiger partial charge in [0.25, 0.3) is 5.56 Å². The fourth-order valence-corrected chi connectivity index (χ4v) is 5.56. The molecular weight excluding hydrogens is 451 g/mol. The molecule has 2 aromatic heterocycles. The maximum atomic E-state index is 13.1. The number of aromatic nitrogens is 2. The predicted octanol–water partition coefficient (Wildman–Crippen LogP) is 5.91. The molecule has 1 aliphatic rings. The molecule has 0 saturated heterocycles. The Morgan fingerprint density at radius 3 is 2.75 bits per heavy atom.